The molecule has 1 unspecified atom stereocenters. The van der Waals surface area contributed by atoms with Gasteiger partial charge in [0.05, 0.1) is 13.2 Å². The lowest BCUT2D eigenvalue weighted by Crippen LogP contribution is -2.30. The van der Waals surface area contributed by atoms with E-state index >= 15 is 0 Å². The average molecular weight is 291 g/mol. The van der Waals surface area contributed by atoms with Crippen LogP contribution in [0.5, 0.6) is 5.75 Å². The molecule has 0 aliphatic heterocycles. The summed E-state index contributed by atoms with van der Waals surface area (Å²) in [5, 5.41) is 0.719. The Labute approximate surface area is 124 Å². The van der Waals surface area contributed by atoms with Crippen molar-refractivity contribution in [2.75, 3.05) is 7.11 Å². The molecule has 1 atom stereocenters. The number of aryl methyl sites for hydroxylation is 1. The number of halogens is 1. The van der Waals surface area contributed by atoms with Crippen LogP contribution in [0.2, 0.25) is 5.02 Å². The molecule has 0 aromatic heterocycles. The molecule has 4 heteroatoms. The van der Waals surface area contributed by atoms with E-state index in [0.29, 0.717) is 0 Å². The number of methoxy groups -OCH3 is 1. The predicted molar refractivity (Wildman–Crippen MR) is 83.0 cm³/mol. The molecule has 0 saturated carbocycles. The quantitative estimate of drug-likeness (QED) is 0.655. The summed E-state index contributed by atoms with van der Waals surface area (Å²) < 4.78 is 5.25. The lowest BCUT2D eigenvalue weighted by molar-refractivity contribution is 0.414. The molecule has 0 heterocycles. The summed E-state index contributed by atoms with van der Waals surface area (Å²) in [6, 6.07) is 13.9. The first-order valence-corrected chi connectivity index (χ1v) is 6.87. The molecule has 2 rings (SSSR count). The second-order valence-corrected chi connectivity index (χ2v) is 5.21. The van der Waals surface area contributed by atoms with Crippen molar-refractivity contribution in [2.45, 2.75) is 19.4 Å². The van der Waals surface area contributed by atoms with Crippen LogP contribution in [0.1, 0.15) is 22.7 Å². The van der Waals surface area contributed by atoms with Gasteiger partial charge < -0.3 is 4.74 Å². The molecule has 2 aromatic carbocycles. The maximum Gasteiger partial charge on any atom is 0.119 e. The highest BCUT2D eigenvalue weighted by atomic mass is 35.5. The van der Waals surface area contributed by atoms with Gasteiger partial charge in [0.15, 0.2) is 0 Å². The minimum absolute atomic E-state index is 0.0146. The van der Waals surface area contributed by atoms with Crippen molar-refractivity contribution < 1.29 is 4.74 Å². The van der Waals surface area contributed by atoms with Crippen LogP contribution in [0.15, 0.2) is 42.5 Å². The van der Waals surface area contributed by atoms with Crippen LogP contribution in [0, 0.1) is 6.92 Å². The van der Waals surface area contributed by atoms with E-state index in [1.807, 2.05) is 36.4 Å². The summed E-state index contributed by atoms with van der Waals surface area (Å²) in [6.07, 6.45) is 0.773. The highest BCUT2D eigenvalue weighted by Crippen LogP contribution is 2.25. The highest BCUT2D eigenvalue weighted by Gasteiger charge is 2.14. The Bertz CT molecular complexity index is 586. The molecule has 0 radical (unpaired) electrons. The van der Waals surface area contributed by atoms with Crippen molar-refractivity contribution >= 4 is 11.6 Å². The lowest BCUT2D eigenvalue weighted by Gasteiger charge is -2.19. The van der Waals surface area contributed by atoms with Crippen molar-refractivity contribution in [3.05, 3.63) is 64.2 Å². The number of rotatable bonds is 5. The van der Waals surface area contributed by atoms with Crippen LogP contribution in [0.4, 0.5) is 0 Å². The van der Waals surface area contributed by atoms with Gasteiger partial charge in [0, 0.05) is 5.02 Å². The molecule has 3 N–H and O–H groups in total. The molecule has 0 saturated heterocycles. The standard InChI is InChI=1S/C16H19ClN2O/c1-11-6-7-13(17)10-15(11)16(19-18)9-12-4-3-5-14(8-12)20-2/h3-8,10,16,19H,9,18H2,1-2H3. The summed E-state index contributed by atoms with van der Waals surface area (Å²) >= 11 is 6.08. The Hall–Kier alpha value is -1.55. The number of hydrogen-bond donors (Lipinski definition) is 2. The van der Waals surface area contributed by atoms with E-state index in [1.165, 1.54) is 5.56 Å². The molecular formula is C16H19ClN2O. The van der Waals surface area contributed by atoms with E-state index in [1.54, 1.807) is 7.11 Å². The number of benzene rings is 2. The Balaban J connectivity index is 2.26. The SMILES string of the molecule is COc1cccc(CC(NN)c2cc(Cl)ccc2C)c1. The number of ether oxygens (including phenoxy) is 1. The smallest absolute Gasteiger partial charge is 0.119 e. The zero-order valence-corrected chi connectivity index (χ0v) is 12.4. The van der Waals surface area contributed by atoms with Gasteiger partial charge in [0.1, 0.15) is 5.75 Å². The Morgan fingerprint density at radius 2 is 2.05 bits per heavy atom. The number of hydrazine groups is 1. The minimum atomic E-state index is 0.0146. The first kappa shape index (κ1) is 14.9. The van der Waals surface area contributed by atoms with Crippen LogP contribution < -0.4 is 16.0 Å². The average Bonchev–Trinajstić information content (AvgIpc) is 2.47. The Morgan fingerprint density at radius 1 is 1.25 bits per heavy atom. The first-order valence-electron chi connectivity index (χ1n) is 6.49. The van der Waals surface area contributed by atoms with Crippen LogP contribution in [-0.2, 0) is 6.42 Å². The second kappa shape index (κ2) is 6.75. The summed E-state index contributed by atoms with van der Waals surface area (Å²) in [5.74, 6) is 6.57. The van der Waals surface area contributed by atoms with E-state index in [-0.39, 0.29) is 6.04 Å². The maximum atomic E-state index is 6.08. The molecule has 0 aliphatic carbocycles. The maximum absolute atomic E-state index is 6.08. The fourth-order valence-electron chi connectivity index (χ4n) is 2.28. The summed E-state index contributed by atoms with van der Waals surface area (Å²) in [7, 11) is 1.67. The third-order valence-electron chi connectivity index (χ3n) is 3.39. The summed E-state index contributed by atoms with van der Waals surface area (Å²) in [5.41, 5.74) is 6.31. The van der Waals surface area contributed by atoms with Crippen LogP contribution in [0.3, 0.4) is 0 Å². The van der Waals surface area contributed by atoms with Gasteiger partial charge in [0.25, 0.3) is 0 Å². The van der Waals surface area contributed by atoms with Gasteiger partial charge >= 0.3 is 0 Å². The largest absolute Gasteiger partial charge is 0.497 e. The molecule has 0 aliphatic rings. The van der Waals surface area contributed by atoms with E-state index in [4.69, 9.17) is 22.2 Å². The van der Waals surface area contributed by atoms with E-state index < -0.39 is 0 Å². The van der Waals surface area contributed by atoms with Crippen LogP contribution >= 0.6 is 11.6 Å². The van der Waals surface area contributed by atoms with Crippen molar-refractivity contribution in [2.24, 2.45) is 5.84 Å². The van der Waals surface area contributed by atoms with Crippen LogP contribution in [0.25, 0.3) is 0 Å². The molecule has 0 bridgehead atoms. The molecule has 0 spiro atoms. The third-order valence-corrected chi connectivity index (χ3v) is 3.63. The zero-order valence-electron chi connectivity index (χ0n) is 11.7. The van der Waals surface area contributed by atoms with Gasteiger partial charge in [-0.3, -0.25) is 11.3 Å². The van der Waals surface area contributed by atoms with Crippen molar-refractivity contribution in [1.82, 2.24) is 5.43 Å². The van der Waals surface area contributed by atoms with Crippen molar-refractivity contribution in [3.8, 4) is 5.75 Å². The van der Waals surface area contributed by atoms with Gasteiger partial charge in [-0.2, -0.15) is 0 Å². The van der Waals surface area contributed by atoms with E-state index in [9.17, 15) is 0 Å². The molecule has 0 amide bonds. The second-order valence-electron chi connectivity index (χ2n) is 4.78. The van der Waals surface area contributed by atoms with Crippen molar-refractivity contribution in [3.63, 3.8) is 0 Å². The molecular weight excluding hydrogens is 272 g/mol. The number of hydrogen-bond acceptors (Lipinski definition) is 3. The van der Waals surface area contributed by atoms with Gasteiger partial charge in [-0.15, -0.1) is 0 Å². The number of nitrogens with two attached hydrogens (primary N) is 1. The Kier molecular flexibility index (Phi) is 5.01. The fourth-order valence-corrected chi connectivity index (χ4v) is 2.46. The first-order chi connectivity index (χ1) is 9.63. The van der Waals surface area contributed by atoms with E-state index in [2.05, 4.69) is 18.4 Å². The van der Waals surface area contributed by atoms with Gasteiger partial charge in [0.2, 0.25) is 0 Å². The Morgan fingerprint density at radius 3 is 2.75 bits per heavy atom. The fraction of sp³-hybridized carbons (Fsp3) is 0.250. The molecule has 0 fully saturated rings. The molecule has 106 valence electrons. The van der Waals surface area contributed by atoms with Gasteiger partial charge in [-0.05, 0) is 54.3 Å². The van der Waals surface area contributed by atoms with Gasteiger partial charge in [-0.1, -0.05) is 29.8 Å². The topological polar surface area (TPSA) is 47.3 Å². The molecule has 3 nitrogen and oxygen atoms in total. The summed E-state index contributed by atoms with van der Waals surface area (Å²) in [4.78, 5) is 0. The normalized spacial score (nSPS) is 12.2. The van der Waals surface area contributed by atoms with Crippen LogP contribution in [-0.4, -0.2) is 7.11 Å². The zero-order chi connectivity index (χ0) is 14.5. The van der Waals surface area contributed by atoms with Crippen molar-refractivity contribution in [1.29, 1.82) is 0 Å². The summed E-state index contributed by atoms with van der Waals surface area (Å²) in [6.45, 7) is 2.06. The lowest BCUT2D eigenvalue weighted by atomic mass is 9.96. The highest BCUT2D eigenvalue weighted by molar-refractivity contribution is 6.30. The monoisotopic (exact) mass is 290 g/mol. The minimum Gasteiger partial charge on any atom is -0.497 e. The van der Waals surface area contributed by atoms with E-state index in [0.717, 1.165) is 28.3 Å². The molecule has 2 aromatic rings. The number of nitrogens with one attached hydrogen (secondary N) is 1. The predicted octanol–water partition coefficient (Wildman–Crippen LogP) is 3.40. The third kappa shape index (κ3) is 3.51. The molecule has 20 heavy (non-hydrogen) atoms. The van der Waals surface area contributed by atoms with Gasteiger partial charge in [-0.25, -0.2) is 0 Å².